The van der Waals surface area contributed by atoms with E-state index in [1.54, 1.807) is 0 Å². The van der Waals surface area contributed by atoms with Crippen molar-refractivity contribution in [1.82, 2.24) is 15.1 Å². The average molecular weight is 752 g/mol. The molecule has 0 unspecified atom stereocenters. The topological polar surface area (TPSA) is 118 Å². The molecular weight excluding hydrogens is 703 g/mol. The van der Waals surface area contributed by atoms with Gasteiger partial charge < -0.3 is 29.5 Å². The molecule has 54 heavy (non-hydrogen) atoms. The van der Waals surface area contributed by atoms with Crippen molar-refractivity contribution in [2.45, 2.75) is 108 Å². The summed E-state index contributed by atoms with van der Waals surface area (Å²) < 4.78 is 58.2. The summed E-state index contributed by atoms with van der Waals surface area (Å²) in [6.07, 6.45) is -3.71. The first-order chi connectivity index (χ1) is 25.7. The molecule has 3 heterocycles. The van der Waals surface area contributed by atoms with E-state index in [2.05, 4.69) is 10.2 Å². The second-order valence-corrected chi connectivity index (χ2v) is 15.2. The van der Waals surface area contributed by atoms with E-state index in [1.807, 2.05) is 93.6 Å². The van der Waals surface area contributed by atoms with Crippen molar-refractivity contribution in [3.63, 3.8) is 0 Å². The summed E-state index contributed by atoms with van der Waals surface area (Å²) in [6.45, 7) is 6.76. The third-order valence-electron chi connectivity index (χ3n) is 10.0. The highest BCUT2D eigenvalue weighted by Gasteiger charge is 2.47. The van der Waals surface area contributed by atoms with E-state index in [4.69, 9.17) is 14.2 Å². The lowest BCUT2D eigenvalue weighted by molar-refractivity contribution is -0.253. The van der Waals surface area contributed by atoms with Crippen molar-refractivity contribution in [1.29, 1.82) is 0 Å². The zero-order valence-corrected chi connectivity index (χ0v) is 30.8. The Bertz CT molecular complexity index is 1800. The number of alkyl halides is 3. The van der Waals surface area contributed by atoms with Crippen LogP contribution in [0, 0.1) is 0 Å². The fourth-order valence-corrected chi connectivity index (χ4v) is 7.45. The van der Waals surface area contributed by atoms with Crippen molar-refractivity contribution < 1.29 is 46.9 Å². The largest absolute Gasteiger partial charge is 0.471 e. The number of hydrogen-bond acceptors (Lipinski definition) is 8. The average Bonchev–Trinajstić information content (AvgIpc) is 3.83. The lowest BCUT2D eigenvalue weighted by atomic mass is 9.98. The summed E-state index contributed by atoms with van der Waals surface area (Å²) >= 11 is 0. The van der Waals surface area contributed by atoms with Gasteiger partial charge in [0, 0.05) is 31.6 Å². The number of nitrogens with one attached hydrogen (secondary N) is 1. The third kappa shape index (κ3) is 9.67. The molecule has 0 bridgehead atoms. The molecule has 0 spiro atoms. The Kier molecular flexibility index (Phi) is 12.1. The van der Waals surface area contributed by atoms with Gasteiger partial charge in [-0.1, -0.05) is 60.7 Å². The van der Waals surface area contributed by atoms with Crippen LogP contribution in [0.15, 0.2) is 72.8 Å². The highest BCUT2D eigenvalue weighted by Crippen LogP contribution is 2.40. The Morgan fingerprint density at radius 2 is 1.54 bits per heavy atom. The van der Waals surface area contributed by atoms with E-state index in [0.29, 0.717) is 24.3 Å². The van der Waals surface area contributed by atoms with Gasteiger partial charge in [-0.25, -0.2) is 0 Å². The van der Waals surface area contributed by atoms with Crippen LogP contribution in [0.25, 0.3) is 11.1 Å². The van der Waals surface area contributed by atoms with E-state index < -0.39 is 35.9 Å². The zero-order chi connectivity index (χ0) is 38.6. The number of aliphatic hydroxyl groups is 1. The maximum atomic E-state index is 13.1. The Balaban J connectivity index is 1.18. The second kappa shape index (κ2) is 16.6. The number of benzene rings is 3. The summed E-state index contributed by atoms with van der Waals surface area (Å²) in [5.74, 6) is -2.84. The Morgan fingerprint density at radius 1 is 0.852 bits per heavy atom. The van der Waals surface area contributed by atoms with Crippen LogP contribution in [0.2, 0.25) is 0 Å². The minimum atomic E-state index is -5.04. The number of carbonyl (C=O) groups is 3. The summed E-state index contributed by atoms with van der Waals surface area (Å²) in [6, 6.07) is 21.4. The molecule has 0 aliphatic carbocycles. The quantitative estimate of drug-likeness (QED) is 0.230. The van der Waals surface area contributed by atoms with Crippen LogP contribution in [0.3, 0.4) is 0 Å². The zero-order valence-electron chi connectivity index (χ0n) is 30.8. The van der Waals surface area contributed by atoms with Crippen LogP contribution in [0.1, 0.15) is 87.5 Å². The van der Waals surface area contributed by atoms with Gasteiger partial charge in [0.25, 0.3) is 0 Å². The molecular formula is C41H48F3N3O7. The second-order valence-electron chi connectivity index (χ2n) is 15.2. The van der Waals surface area contributed by atoms with Gasteiger partial charge in [-0.3, -0.25) is 19.3 Å². The molecule has 3 aliphatic rings. The van der Waals surface area contributed by atoms with Crippen LogP contribution in [0.4, 0.5) is 13.2 Å². The molecule has 3 fully saturated rings. The van der Waals surface area contributed by atoms with Crippen LogP contribution >= 0.6 is 0 Å². The van der Waals surface area contributed by atoms with Gasteiger partial charge in [-0.15, -0.1) is 0 Å². The number of halogens is 3. The molecule has 5 atom stereocenters. The number of nitrogens with zero attached hydrogens (tertiary/aromatic N) is 2. The summed E-state index contributed by atoms with van der Waals surface area (Å²) in [5.41, 5.74) is 4.38. The predicted octanol–water partition coefficient (Wildman–Crippen LogP) is 6.37. The van der Waals surface area contributed by atoms with Crippen molar-refractivity contribution in [2.24, 2.45) is 0 Å². The minimum absolute atomic E-state index is 0.0658. The van der Waals surface area contributed by atoms with Gasteiger partial charge in [0.2, 0.25) is 5.91 Å². The molecule has 13 heteroatoms. The fraction of sp³-hybridized carbons (Fsp3) is 0.488. The van der Waals surface area contributed by atoms with E-state index in [1.165, 1.54) is 0 Å². The molecule has 0 aromatic heterocycles. The monoisotopic (exact) mass is 751 g/mol. The third-order valence-corrected chi connectivity index (χ3v) is 10.0. The molecule has 0 saturated carbocycles. The molecule has 0 radical (unpaired) electrons. The van der Waals surface area contributed by atoms with Crippen molar-refractivity contribution in [2.75, 3.05) is 19.6 Å². The smallest absolute Gasteiger partial charge is 0.459 e. The Hall–Kier alpha value is -4.30. The number of esters is 1. The van der Waals surface area contributed by atoms with Crippen LogP contribution in [0.5, 0.6) is 0 Å². The maximum absolute atomic E-state index is 13.1. The lowest BCUT2D eigenvalue weighted by Gasteiger charge is -2.38. The minimum Gasteiger partial charge on any atom is -0.459 e. The number of aliphatic hydroxyl groups excluding tert-OH is 1. The number of carbonyl (C=O) groups excluding carboxylic acids is 3. The molecule has 3 aromatic rings. The first-order valence-electron chi connectivity index (χ1n) is 18.5. The van der Waals surface area contributed by atoms with Gasteiger partial charge in [0.1, 0.15) is 17.7 Å². The highest BCUT2D eigenvalue weighted by atomic mass is 19.4. The van der Waals surface area contributed by atoms with Gasteiger partial charge >= 0.3 is 18.1 Å². The number of likely N-dealkylation sites (tertiary alicyclic amines) is 2. The van der Waals surface area contributed by atoms with E-state index >= 15 is 0 Å². The predicted molar refractivity (Wildman–Crippen MR) is 193 cm³/mol. The molecule has 2 N–H and O–H groups in total. The van der Waals surface area contributed by atoms with E-state index in [0.717, 1.165) is 52.8 Å². The first kappa shape index (κ1) is 39.4. The first-order valence-corrected chi connectivity index (χ1v) is 18.5. The molecule has 6 rings (SSSR count). The van der Waals surface area contributed by atoms with Crippen molar-refractivity contribution in [3.8, 4) is 11.1 Å². The van der Waals surface area contributed by atoms with E-state index in [-0.39, 0.29) is 50.3 Å². The maximum Gasteiger partial charge on any atom is 0.471 e. The summed E-state index contributed by atoms with van der Waals surface area (Å²) in [5, 5.41) is 12.3. The number of rotatable bonds is 10. The Morgan fingerprint density at radius 3 is 2.24 bits per heavy atom. The number of hydrogen-bond donors (Lipinski definition) is 2. The fourth-order valence-electron chi connectivity index (χ4n) is 7.45. The molecule has 10 nitrogen and oxygen atoms in total. The van der Waals surface area contributed by atoms with Gasteiger partial charge in [0.05, 0.1) is 18.8 Å². The van der Waals surface area contributed by atoms with Gasteiger partial charge in [-0.05, 0) is 92.9 Å². The number of ether oxygens (including phenoxy) is 3. The summed E-state index contributed by atoms with van der Waals surface area (Å²) in [4.78, 5) is 40.6. The van der Waals surface area contributed by atoms with Gasteiger partial charge in [-0.2, -0.15) is 13.2 Å². The van der Waals surface area contributed by atoms with Crippen LogP contribution in [-0.2, 0) is 41.7 Å². The molecule has 3 saturated heterocycles. The van der Waals surface area contributed by atoms with Gasteiger partial charge in [0.15, 0.2) is 6.29 Å². The van der Waals surface area contributed by atoms with E-state index in [9.17, 15) is 32.7 Å². The van der Waals surface area contributed by atoms with Crippen molar-refractivity contribution in [3.05, 3.63) is 95.1 Å². The van der Waals surface area contributed by atoms with Crippen LogP contribution in [-0.4, -0.2) is 82.3 Å². The highest BCUT2D eigenvalue weighted by molar-refractivity contribution is 5.90. The molecule has 3 aromatic carbocycles. The normalized spacial score (nSPS) is 23.7. The number of amides is 2. The van der Waals surface area contributed by atoms with Crippen molar-refractivity contribution >= 4 is 17.8 Å². The molecule has 290 valence electrons. The lowest BCUT2D eigenvalue weighted by Crippen LogP contribution is -2.50. The summed E-state index contributed by atoms with van der Waals surface area (Å²) in [7, 11) is 0. The SMILES string of the molecule is CC(C)(C)OC(=O)[C@@H]1CCCN1C[C@@H]1C[C@H](c2ccc(CO)cc2)O[C@H](c2cccc(-c3cccc(CNC(=O)[C@@H]4CCCN4C(=O)C(F)(F)F)c3)c2)O1. The standard InChI is InChI=1S/C41H48F3N3O7/c1-40(2,3)54-37(50)34-13-6-18-46(34)24-32-22-35(28-16-14-26(25-48)15-17-28)53-38(52-32)31-11-5-10-30(21-31)29-9-4-8-27(20-29)23-45-36(49)33-12-7-19-47(33)39(51)41(42,43)44/h4-5,8-11,14-17,20-21,32-35,38,48H,6-7,12-13,18-19,22-25H2,1-3H3,(H,45,49)/t32-,33-,34-,35+,38+/m0/s1. The molecule has 2 amide bonds. The van der Waals surface area contributed by atoms with Crippen LogP contribution < -0.4 is 5.32 Å². The molecule has 3 aliphatic heterocycles. The Labute approximate surface area is 313 Å².